The predicted octanol–water partition coefficient (Wildman–Crippen LogP) is 2.55. The number of hydrogen-bond acceptors (Lipinski definition) is 7. The maximum absolute atomic E-state index is 12.6. The molecule has 0 fully saturated rings. The summed E-state index contributed by atoms with van der Waals surface area (Å²) >= 11 is 0. The topological polar surface area (TPSA) is 80.3 Å². The average molecular weight is 372 g/mol. The van der Waals surface area contributed by atoms with E-state index >= 15 is 0 Å². The molecule has 0 spiro atoms. The third-order valence-electron chi connectivity index (χ3n) is 4.57. The Balaban J connectivity index is 2.24. The maximum Gasteiger partial charge on any atom is 0.326 e. The monoisotopic (exact) mass is 372 g/mol. The van der Waals surface area contributed by atoms with Crippen molar-refractivity contribution in [2.45, 2.75) is 5.92 Å². The first kappa shape index (κ1) is 18.6. The van der Waals surface area contributed by atoms with E-state index in [4.69, 9.17) is 23.7 Å². The van der Waals surface area contributed by atoms with Crippen LogP contribution < -0.4 is 18.9 Å². The number of ether oxygens (including phenoxy) is 5. The average Bonchev–Trinajstić information content (AvgIpc) is 2.71. The third kappa shape index (κ3) is 3.28. The summed E-state index contributed by atoms with van der Waals surface area (Å²) in [6.07, 6.45) is 0. The van der Waals surface area contributed by atoms with E-state index in [9.17, 15) is 9.59 Å². The SMILES string of the molecule is COC(=O)[C@@H]1C(=O)Oc2cc(OC)cc(OC)c2[C@H]1c1ccc(OC)cc1. The van der Waals surface area contributed by atoms with E-state index in [1.807, 2.05) is 0 Å². The van der Waals surface area contributed by atoms with E-state index in [1.165, 1.54) is 21.3 Å². The van der Waals surface area contributed by atoms with Crippen molar-refractivity contribution >= 4 is 11.9 Å². The molecule has 0 saturated heterocycles. The summed E-state index contributed by atoms with van der Waals surface area (Å²) in [5.41, 5.74) is 1.31. The molecule has 27 heavy (non-hydrogen) atoms. The van der Waals surface area contributed by atoms with Gasteiger partial charge in [-0.2, -0.15) is 0 Å². The van der Waals surface area contributed by atoms with Gasteiger partial charge in [-0.1, -0.05) is 12.1 Å². The molecule has 2 atom stereocenters. The van der Waals surface area contributed by atoms with E-state index in [1.54, 1.807) is 43.5 Å². The fourth-order valence-electron chi connectivity index (χ4n) is 3.26. The number of carbonyl (C=O) groups excluding carboxylic acids is 2. The van der Waals surface area contributed by atoms with E-state index in [2.05, 4.69) is 0 Å². The minimum absolute atomic E-state index is 0.289. The van der Waals surface area contributed by atoms with Gasteiger partial charge in [0.1, 0.15) is 23.0 Å². The van der Waals surface area contributed by atoms with Gasteiger partial charge in [-0.3, -0.25) is 9.59 Å². The lowest BCUT2D eigenvalue weighted by Gasteiger charge is -2.32. The van der Waals surface area contributed by atoms with E-state index in [-0.39, 0.29) is 5.75 Å². The molecule has 142 valence electrons. The van der Waals surface area contributed by atoms with Crippen LogP contribution in [0, 0.1) is 5.92 Å². The number of fused-ring (bicyclic) bond motifs is 1. The molecule has 0 unspecified atom stereocenters. The van der Waals surface area contributed by atoms with Crippen molar-refractivity contribution in [2.24, 2.45) is 5.92 Å². The number of carbonyl (C=O) groups is 2. The van der Waals surface area contributed by atoms with Crippen LogP contribution in [0.2, 0.25) is 0 Å². The van der Waals surface area contributed by atoms with Crippen LogP contribution in [-0.2, 0) is 14.3 Å². The highest BCUT2D eigenvalue weighted by molar-refractivity contribution is 5.99. The van der Waals surface area contributed by atoms with Gasteiger partial charge in [0.2, 0.25) is 0 Å². The van der Waals surface area contributed by atoms with Gasteiger partial charge in [0.15, 0.2) is 5.92 Å². The van der Waals surface area contributed by atoms with Gasteiger partial charge < -0.3 is 23.7 Å². The lowest BCUT2D eigenvalue weighted by atomic mass is 9.78. The van der Waals surface area contributed by atoms with Crippen molar-refractivity contribution in [2.75, 3.05) is 28.4 Å². The minimum Gasteiger partial charge on any atom is -0.497 e. The van der Waals surface area contributed by atoms with Gasteiger partial charge in [0.25, 0.3) is 0 Å². The summed E-state index contributed by atoms with van der Waals surface area (Å²) in [4.78, 5) is 25.0. The first-order valence-electron chi connectivity index (χ1n) is 8.23. The second-order valence-corrected chi connectivity index (χ2v) is 5.91. The number of hydrogen-bond donors (Lipinski definition) is 0. The Morgan fingerprint density at radius 3 is 2.15 bits per heavy atom. The maximum atomic E-state index is 12.6. The molecule has 7 heteroatoms. The minimum atomic E-state index is -1.15. The molecule has 1 aliphatic heterocycles. The Hall–Kier alpha value is -3.22. The standard InChI is InChI=1S/C20H20O7/c1-23-12-7-5-11(6-8-12)16-17-14(25-3)9-13(24-2)10-15(17)27-20(22)18(16)19(21)26-4/h5-10,16,18H,1-4H3/t16-,18-/m1/s1. The summed E-state index contributed by atoms with van der Waals surface area (Å²) < 4.78 is 26.2. The van der Waals surface area contributed by atoms with E-state index < -0.39 is 23.8 Å². The van der Waals surface area contributed by atoms with Crippen LogP contribution in [0.1, 0.15) is 17.0 Å². The molecular formula is C20H20O7. The highest BCUT2D eigenvalue weighted by Gasteiger charge is 2.46. The van der Waals surface area contributed by atoms with Gasteiger partial charge >= 0.3 is 11.9 Å². The van der Waals surface area contributed by atoms with Gasteiger partial charge in [-0.15, -0.1) is 0 Å². The Morgan fingerprint density at radius 2 is 1.59 bits per heavy atom. The molecule has 0 aliphatic carbocycles. The highest BCUT2D eigenvalue weighted by atomic mass is 16.6. The molecule has 2 aromatic carbocycles. The second kappa shape index (κ2) is 7.57. The first-order valence-corrected chi connectivity index (χ1v) is 8.23. The van der Waals surface area contributed by atoms with Crippen LogP contribution in [0.5, 0.6) is 23.0 Å². The van der Waals surface area contributed by atoms with Crippen molar-refractivity contribution in [3.8, 4) is 23.0 Å². The number of esters is 2. The van der Waals surface area contributed by atoms with Crippen LogP contribution in [-0.4, -0.2) is 40.4 Å². The Kier molecular flexibility index (Phi) is 5.21. The third-order valence-corrected chi connectivity index (χ3v) is 4.57. The fourth-order valence-corrected chi connectivity index (χ4v) is 3.26. The van der Waals surface area contributed by atoms with Crippen LogP contribution in [0.25, 0.3) is 0 Å². The van der Waals surface area contributed by atoms with Crippen LogP contribution in [0.3, 0.4) is 0 Å². The number of methoxy groups -OCH3 is 4. The highest BCUT2D eigenvalue weighted by Crippen LogP contribution is 2.49. The molecule has 0 amide bonds. The normalized spacial score (nSPS) is 18.1. The summed E-state index contributed by atoms with van der Waals surface area (Å²) in [5.74, 6) is -1.28. The molecule has 0 aromatic heterocycles. The van der Waals surface area contributed by atoms with E-state index in [0.717, 1.165) is 5.56 Å². The largest absolute Gasteiger partial charge is 0.497 e. The van der Waals surface area contributed by atoms with Gasteiger partial charge in [0.05, 0.1) is 28.4 Å². The molecule has 1 heterocycles. The van der Waals surface area contributed by atoms with Crippen molar-refractivity contribution in [1.29, 1.82) is 0 Å². The molecule has 1 aliphatic rings. The number of rotatable bonds is 5. The lowest BCUT2D eigenvalue weighted by Crippen LogP contribution is -2.38. The summed E-state index contributed by atoms with van der Waals surface area (Å²) in [7, 11) is 5.81. The lowest BCUT2D eigenvalue weighted by molar-refractivity contribution is -0.157. The van der Waals surface area contributed by atoms with Crippen molar-refractivity contribution in [3.63, 3.8) is 0 Å². The predicted molar refractivity (Wildman–Crippen MR) is 95.5 cm³/mol. The molecule has 0 saturated carbocycles. The first-order chi connectivity index (χ1) is 13.0. The zero-order valence-electron chi connectivity index (χ0n) is 15.5. The van der Waals surface area contributed by atoms with Crippen molar-refractivity contribution in [3.05, 3.63) is 47.5 Å². The van der Waals surface area contributed by atoms with Crippen LogP contribution >= 0.6 is 0 Å². The van der Waals surface area contributed by atoms with Crippen molar-refractivity contribution in [1.82, 2.24) is 0 Å². The molecule has 2 aromatic rings. The van der Waals surface area contributed by atoms with Gasteiger partial charge in [-0.25, -0.2) is 0 Å². The van der Waals surface area contributed by atoms with Gasteiger partial charge in [0, 0.05) is 23.6 Å². The molecule has 7 nitrogen and oxygen atoms in total. The van der Waals surface area contributed by atoms with Crippen molar-refractivity contribution < 1.29 is 33.3 Å². The van der Waals surface area contributed by atoms with Crippen LogP contribution in [0.15, 0.2) is 36.4 Å². The summed E-state index contributed by atoms with van der Waals surface area (Å²) in [6.45, 7) is 0. The molecule has 0 N–H and O–H groups in total. The summed E-state index contributed by atoms with van der Waals surface area (Å²) in [5, 5.41) is 0. The molecule has 0 bridgehead atoms. The Labute approximate surface area is 156 Å². The summed E-state index contributed by atoms with van der Waals surface area (Å²) in [6, 6.07) is 10.4. The zero-order chi connectivity index (χ0) is 19.6. The Bertz CT molecular complexity index is 857. The molecule has 3 rings (SSSR count). The van der Waals surface area contributed by atoms with Gasteiger partial charge in [-0.05, 0) is 17.7 Å². The zero-order valence-corrected chi connectivity index (χ0v) is 15.5. The number of benzene rings is 2. The quantitative estimate of drug-likeness (QED) is 0.453. The second-order valence-electron chi connectivity index (χ2n) is 5.91. The smallest absolute Gasteiger partial charge is 0.326 e. The Morgan fingerprint density at radius 1 is 0.926 bits per heavy atom. The van der Waals surface area contributed by atoms with E-state index in [0.29, 0.717) is 22.8 Å². The van der Waals surface area contributed by atoms with Crippen LogP contribution in [0.4, 0.5) is 0 Å². The molecule has 0 radical (unpaired) electrons. The fraction of sp³-hybridized carbons (Fsp3) is 0.300. The molecular weight excluding hydrogens is 352 g/mol.